The Hall–Kier alpha value is -1.13. The van der Waals surface area contributed by atoms with E-state index in [1.165, 1.54) is 14.2 Å². The maximum absolute atomic E-state index is 11.5. The molecule has 1 atom stereocenters. The molecule has 0 saturated carbocycles. The van der Waals surface area contributed by atoms with Gasteiger partial charge in [0.25, 0.3) is 0 Å². The topological polar surface area (TPSA) is 47.6 Å². The highest BCUT2D eigenvalue weighted by Gasteiger charge is 2.15. The van der Waals surface area contributed by atoms with Crippen molar-refractivity contribution in [2.75, 3.05) is 19.5 Å². The zero-order chi connectivity index (χ0) is 13.0. The molecule has 0 aliphatic carbocycles. The number of amides is 1. The van der Waals surface area contributed by atoms with Crippen LogP contribution >= 0.6 is 23.2 Å². The first-order valence-electron chi connectivity index (χ1n) is 4.86. The standard InChI is InChI=1S/C11H13Cl2NO3/c1-6(12)11(15)14-8-4-7(13)9(16-2)5-10(8)17-3/h4-6H,1-3H3,(H,14,15)/t6-/m1/s1. The zero-order valence-electron chi connectivity index (χ0n) is 9.71. The molecule has 17 heavy (non-hydrogen) atoms. The van der Waals surface area contributed by atoms with Gasteiger partial charge in [-0.2, -0.15) is 0 Å². The minimum atomic E-state index is -0.638. The lowest BCUT2D eigenvalue weighted by atomic mass is 10.2. The van der Waals surface area contributed by atoms with Crippen LogP contribution in [0.15, 0.2) is 12.1 Å². The first-order chi connectivity index (χ1) is 7.99. The number of carbonyl (C=O) groups is 1. The van der Waals surface area contributed by atoms with Gasteiger partial charge in [0, 0.05) is 6.07 Å². The highest BCUT2D eigenvalue weighted by Crippen LogP contribution is 2.35. The van der Waals surface area contributed by atoms with Gasteiger partial charge in [0.05, 0.1) is 24.9 Å². The van der Waals surface area contributed by atoms with Crippen LogP contribution in [0.5, 0.6) is 11.5 Å². The molecule has 1 amide bonds. The number of hydrogen-bond donors (Lipinski definition) is 1. The van der Waals surface area contributed by atoms with Crippen molar-refractivity contribution in [1.29, 1.82) is 0 Å². The van der Waals surface area contributed by atoms with E-state index in [1.807, 2.05) is 0 Å². The average Bonchev–Trinajstić information content (AvgIpc) is 2.29. The summed E-state index contributed by atoms with van der Waals surface area (Å²) in [4.78, 5) is 11.5. The first kappa shape index (κ1) is 13.9. The normalized spacial score (nSPS) is 11.8. The molecule has 94 valence electrons. The van der Waals surface area contributed by atoms with Crippen molar-refractivity contribution >= 4 is 34.8 Å². The third kappa shape index (κ3) is 3.41. The van der Waals surface area contributed by atoms with E-state index in [0.29, 0.717) is 22.2 Å². The molecule has 0 radical (unpaired) electrons. The Kier molecular flexibility index (Phi) is 4.90. The van der Waals surface area contributed by atoms with E-state index in [4.69, 9.17) is 32.7 Å². The number of ether oxygens (including phenoxy) is 2. The van der Waals surface area contributed by atoms with Gasteiger partial charge in [-0.1, -0.05) is 11.6 Å². The van der Waals surface area contributed by atoms with Crippen molar-refractivity contribution in [1.82, 2.24) is 0 Å². The van der Waals surface area contributed by atoms with Gasteiger partial charge < -0.3 is 14.8 Å². The van der Waals surface area contributed by atoms with Gasteiger partial charge >= 0.3 is 0 Å². The monoisotopic (exact) mass is 277 g/mol. The molecule has 0 aromatic heterocycles. The van der Waals surface area contributed by atoms with Crippen LogP contribution in [0.2, 0.25) is 5.02 Å². The second-order valence-corrected chi connectivity index (χ2v) is 4.35. The summed E-state index contributed by atoms with van der Waals surface area (Å²) in [6, 6.07) is 3.15. The van der Waals surface area contributed by atoms with E-state index >= 15 is 0 Å². The lowest BCUT2D eigenvalue weighted by molar-refractivity contribution is -0.115. The number of methoxy groups -OCH3 is 2. The molecule has 0 bridgehead atoms. The highest BCUT2D eigenvalue weighted by atomic mass is 35.5. The summed E-state index contributed by atoms with van der Waals surface area (Å²) in [5.74, 6) is 0.601. The van der Waals surface area contributed by atoms with Gasteiger partial charge in [0.2, 0.25) is 5.91 Å². The van der Waals surface area contributed by atoms with E-state index in [0.717, 1.165) is 0 Å². The van der Waals surface area contributed by atoms with Crippen LogP contribution in [0.1, 0.15) is 6.92 Å². The lowest BCUT2D eigenvalue weighted by Gasteiger charge is -2.13. The second kappa shape index (κ2) is 5.98. The number of anilines is 1. The van der Waals surface area contributed by atoms with Crippen LogP contribution in [0.3, 0.4) is 0 Å². The van der Waals surface area contributed by atoms with Crippen LogP contribution in [-0.4, -0.2) is 25.5 Å². The van der Waals surface area contributed by atoms with Gasteiger partial charge in [0.15, 0.2) is 0 Å². The van der Waals surface area contributed by atoms with Gasteiger partial charge in [-0.05, 0) is 13.0 Å². The van der Waals surface area contributed by atoms with Gasteiger partial charge in [-0.3, -0.25) is 4.79 Å². The molecule has 0 spiro atoms. The number of hydrogen-bond acceptors (Lipinski definition) is 3. The molecule has 0 fully saturated rings. The Morgan fingerprint density at radius 2 is 1.88 bits per heavy atom. The van der Waals surface area contributed by atoms with Crippen molar-refractivity contribution in [2.24, 2.45) is 0 Å². The molecule has 0 unspecified atom stereocenters. The Morgan fingerprint density at radius 1 is 1.29 bits per heavy atom. The Balaban J connectivity index is 3.06. The largest absolute Gasteiger partial charge is 0.495 e. The number of benzene rings is 1. The molecule has 0 aliphatic heterocycles. The van der Waals surface area contributed by atoms with E-state index < -0.39 is 5.38 Å². The number of halogens is 2. The smallest absolute Gasteiger partial charge is 0.242 e. The maximum Gasteiger partial charge on any atom is 0.242 e. The van der Waals surface area contributed by atoms with E-state index in [2.05, 4.69) is 5.32 Å². The molecule has 1 aromatic carbocycles. The predicted octanol–water partition coefficient (Wildman–Crippen LogP) is 2.92. The summed E-state index contributed by atoms with van der Waals surface area (Å²) in [5, 5.41) is 2.36. The number of nitrogens with one attached hydrogen (secondary N) is 1. The summed E-state index contributed by atoms with van der Waals surface area (Å²) >= 11 is 11.6. The molecule has 1 N–H and O–H groups in total. The zero-order valence-corrected chi connectivity index (χ0v) is 11.2. The van der Waals surface area contributed by atoms with E-state index in [-0.39, 0.29) is 5.91 Å². The lowest BCUT2D eigenvalue weighted by Crippen LogP contribution is -2.20. The summed E-state index contributed by atoms with van der Waals surface area (Å²) < 4.78 is 10.2. The summed E-state index contributed by atoms with van der Waals surface area (Å²) in [5.41, 5.74) is 0.454. The Morgan fingerprint density at radius 3 is 2.35 bits per heavy atom. The van der Waals surface area contributed by atoms with Crippen molar-refractivity contribution in [3.05, 3.63) is 17.2 Å². The fourth-order valence-electron chi connectivity index (χ4n) is 1.19. The number of alkyl halides is 1. The van der Waals surface area contributed by atoms with Crippen molar-refractivity contribution in [3.8, 4) is 11.5 Å². The molecular formula is C11H13Cl2NO3. The van der Waals surface area contributed by atoms with Crippen molar-refractivity contribution < 1.29 is 14.3 Å². The van der Waals surface area contributed by atoms with Crippen LogP contribution in [0, 0.1) is 0 Å². The first-order valence-corrected chi connectivity index (χ1v) is 5.67. The molecule has 1 rings (SSSR count). The minimum Gasteiger partial charge on any atom is -0.495 e. The highest BCUT2D eigenvalue weighted by molar-refractivity contribution is 6.33. The fourth-order valence-corrected chi connectivity index (χ4v) is 1.49. The average molecular weight is 278 g/mol. The van der Waals surface area contributed by atoms with E-state index in [1.54, 1.807) is 19.1 Å². The minimum absolute atomic E-state index is 0.328. The molecular weight excluding hydrogens is 265 g/mol. The summed E-state index contributed by atoms with van der Waals surface area (Å²) in [6.07, 6.45) is 0. The van der Waals surface area contributed by atoms with Crippen LogP contribution in [-0.2, 0) is 4.79 Å². The van der Waals surface area contributed by atoms with Gasteiger partial charge in [0.1, 0.15) is 16.9 Å². The van der Waals surface area contributed by atoms with Crippen LogP contribution in [0.25, 0.3) is 0 Å². The van der Waals surface area contributed by atoms with E-state index in [9.17, 15) is 4.79 Å². The number of carbonyl (C=O) groups excluding carboxylic acids is 1. The summed E-state index contributed by atoms with van der Waals surface area (Å²) in [7, 11) is 2.99. The van der Waals surface area contributed by atoms with Crippen molar-refractivity contribution in [2.45, 2.75) is 12.3 Å². The van der Waals surface area contributed by atoms with Crippen LogP contribution in [0.4, 0.5) is 5.69 Å². The molecule has 4 nitrogen and oxygen atoms in total. The second-order valence-electron chi connectivity index (χ2n) is 3.29. The van der Waals surface area contributed by atoms with Gasteiger partial charge in [-0.15, -0.1) is 11.6 Å². The third-order valence-electron chi connectivity index (χ3n) is 2.09. The maximum atomic E-state index is 11.5. The molecule has 0 heterocycles. The molecule has 1 aromatic rings. The fraction of sp³-hybridized carbons (Fsp3) is 0.364. The molecule has 0 aliphatic rings. The SMILES string of the molecule is COc1cc(OC)c(NC(=O)[C@@H](C)Cl)cc1Cl. The van der Waals surface area contributed by atoms with Crippen molar-refractivity contribution in [3.63, 3.8) is 0 Å². The predicted molar refractivity (Wildman–Crippen MR) is 68.5 cm³/mol. The Labute approximate surface area is 110 Å². The summed E-state index contributed by atoms with van der Waals surface area (Å²) in [6.45, 7) is 1.58. The third-order valence-corrected chi connectivity index (χ3v) is 2.59. The number of rotatable bonds is 4. The Bertz CT molecular complexity index is 421. The van der Waals surface area contributed by atoms with Crippen LogP contribution < -0.4 is 14.8 Å². The van der Waals surface area contributed by atoms with Gasteiger partial charge in [-0.25, -0.2) is 0 Å². The quantitative estimate of drug-likeness (QED) is 0.861. The molecule has 0 saturated heterocycles. The molecule has 6 heteroatoms.